The highest BCUT2D eigenvalue weighted by atomic mass is 16.6. The molecule has 3 heteroatoms. The molecule has 0 radical (unpaired) electrons. The molecule has 0 N–H and O–H groups in total. The monoisotopic (exact) mass is 273 g/mol. The zero-order chi connectivity index (χ0) is 15.2. The van der Waals surface area contributed by atoms with Gasteiger partial charge in [-0.1, -0.05) is 43.5 Å². The van der Waals surface area contributed by atoms with Gasteiger partial charge in [-0.3, -0.25) is 4.90 Å². The first-order chi connectivity index (χ1) is 9.37. The number of amides is 1. The van der Waals surface area contributed by atoms with Crippen LogP contribution in [0, 0.1) is 0 Å². The molecule has 1 aromatic rings. The van der Waals surface area contributed by atoms with Crippen molar-refractivity contribution in [3.05, 3.63) is 54.8 Å². The quantitative estimate of drug-likeness (QED) is 0.802. The summed E-state index contributed by atoms with van der Waals surface area (Å²) in [6.07, 6.45) is 3.68. The number of carbonyl (C=O) groups excluding carboxylic acids is 1. The Morgan fingerprint density at radius 1 is 1.30 bits per heavy atom. The maximum atomic E-state index is 12.0. The molecule has 20 heavy (non-hydrogen) atoms. The molecular formula is C17H23NO2. The van der Waals surface area contributed by atoms with Crippen LogP contribution in [0.15, 0.2) is 43.6 Å². The van der Waals surface area contributed by atoms with Crippen molar-refractivity contribution in [3.63, 3.8) is 0 Å². The molecule has 0 aliphatic heterocycles. The highest BCUT2D eigenvalue weighted by Crippen LogP contribution is 2.13. The smallest absolute Gasteiger partial charge is 0.414 e. The lowest BCUT2D eigenvalue weighted by Gasteiger charge is -2.25. The van der Waals surface area contributed by atoms with Crippen molar-refractivity contribution in [3.8, 4) is 0 Å². The number of hydrogen-bond donors (Lipinski definition) is 0. The lowest BCUT2D eigenvalue weighted by Crippen LogP contribution is -2.34. The average Bonchev–Trinajstić information content (AvgIpc) is 2.37. The van der Waals surface area contributed by atoms with Crippen LogP contribution in [0.25, 0.3) is 6.08 Å². The Balaban J connectivity index is 2.68. The van der Waals surface area contributed by atoms with E-state index in [0.29, 0.717) is 6.54 Å². The minimum Gasteiger partial charge on any atom is -0.443 e. The molecule has 1 aromatic carbocycles. The Morgan fingerprint density at radius 2 is 1.95 bits per heavy atom. The van der Waals surface area contributed by atoms with Crippen molar-refractivity contribution in [2.45, 2.75) is 32.8 Å². The third kappa shape index (κ3) is 4.92. The van der Waals surface area contributed by atoms with E-state index in [1.54, 1.807) is 0 Å². The molecule has 0 bridgehead atoms. The van der Waals surface area contributed by atoms with E-state index < -0.39 is 5.60 Å². The number of nitrogens with zero attached hydrogens (tertiary/aromatic N) is 1. The van der Waals surface area contributed by atoms with E-state index in [0.717, 1.165) is 17.5 Å². The predicted molar refractivity (Wildman–Crippen MR) is 83.4 cm³/mol. The van der Waals surface area contributed by atoms with Crippen molar-refractivity contribution in [2.24, 2.45) is 0 Å². The van der Waals surface area contributed by atoms with Gasteiger partial charge in [0.2, 0.25) is 0 Å². The number of carbonyl (C=O) groups is 1. The first-order valence-corrected chi connectivity index (χ1v) is 6.70. The second kappa shape index (κ2) is 6.94. The largest absolute Gasteiger partial charge is 0.443 e. The van der Waals surface area contributed by atoms with Crippen molar-refractivity contribution in [1.29, 1.82) is 0 Å². The number of rotatable bonds is 5. The molecule has 0 spiro atoms. The van der Waals surface area contributed by atoms with E-state index in [1.165, 1.54) is 11.1 Å². The van der Waals surface area contributed by atoms with Crippen LogP contribution >= 0.6 is 0 Å². The summed E-state index contributed by atoms with van der Waals surface area (Å²) < 4.78 is 5.33. The molecule has 0 unspecified atom stereocenters. The fourth-order valence-electron chi connectivity index (χ4n) is 1.78. The van der Waals surface area contributed by atoms with E-state index in [2.05, 4.69) is 13.2 Å². The van der Waals surface area contributed by atoms with Crippen LogP contribution in [0.3, 0.4) is 0 Å². The van der Waals surface area contributed by atoms with Crippen LogP contribution in [-0.2, 0) is 11.2 Å². The molecule has 0 aliphatic rings. The van der Waals surface area contributed by atoms with E-state index in [9.17, 15) is 4.79 Å². The number of ether oxygens (including phenoxy) is 1. The van der Waals surface area contributed by atoms with Gasteiger partial charge in [-0.25, -0.2) is 4.79 Å². The Hall–Kier alpha value is -2.03. The van der Waals surface area contributed by atoms with E-state index in [-0.39, 0.29) is 6.09 Å². The Kier molecular flexibility index (Phi) is 5.56. The molecule has 1 rings (SSSR count). The minimum atomic E-state index is -0.503. The van der Waals surface area contributed by atoms with Gasteiger partial charge in [0.25, 0.3) is 0 Å². The van der Waals surface area contributed by atoms with Crippen LogP contribution in [-0.4, -0.2) is 23.1 Å². The van der Waals surface area contributed by atoms with Gasteiger partial charge in [-0.05, 0) is 38.3 Å². The minimum absolute atomic E-state index is 0.372. The number of benzene rings is 1. The fraction of sp³-hybridized carbons (Fsp3) is 0.353. The molecule has 0 saturated heterocycles. The van der Waals surface area contributed by atoms with Crippen LogP contribution in [0.1, 0.15) is 31.9 Å². The van der Waals surface area contributed by atoms with Gasteiger partial charge in [-0.15, -0.1) is 0 Å². The average molecular weight is 273 g/mol. The summed E-state index contributed by atoms with van der Waals surface area (Å²) >= 11 is 0. The molecule has 108 valence electrons. The standard InChI is InChI=1S/C17H23NO2/c1-6-14-10-8-9-11-15(14)12-13-18(7-2)16(19)20-17(3,4)5/h6-11H,1-2,12-13H2,3-5H3. The third-order valence-electron chi connectivity index (χ3n) is 2.75. The Morgan fingerprint density at radius 3 is 2.50 bits per heavy atom. The van der Waals surface area contributed by atoms with Crippen molar-refractivity contribution in [2.75, 3.05) is 6.54 Å². The van der Waals surface area contributed by atoms with Gasteiger partial charge < -0.3 is 4.74 Å². The maximum Gasteiger partial charge on any atom is 0.414 e. The summed E-state index contributed by atoms with van der Waals surface area (Å²) in [7, 11) is 0. The third-order valence-corrected chi connectivity index (χ3v) is 2.75. The summed E-state index contributed by atoms with van der Waals surface area (Å²) in [5.74, 6) is 0. The lowest BCUT2D eigenvalue weighted by atomic mass is 10.0. The van der Waals surface area contributed by atoms with Gasteiger partial charge >= 0.3 is 6.09 Å². The molecule has 0 aliphatic carbocycles. The van der Waals surface area contributed by atoms with Crippen LogP contribution in [0.4, 0.5) is 4.79 Å². The first kappa shape index (κ1) is 16.0. The van der Waals surface area contributed by atoms with Crippen molar-refractivity contribution < 1.29 is 9.53 Å². The Labute approximate surface area is 121 Å². The predicted octanol–water partition coefficient (Wildman–Crippen LogP) is 4.25. The summed E-state index contributed by atoms with van der Waals surface area (Å²) in [6.45, 7) is 13.5. The molecule has 0 heterocycles. The fourth-order valence-corrected chi connectivity index (χ4v) is 1.78. The maximum absolute atomic E-state index is 12.0. The highest BCUT2D eigenvalue weighted by molar-refractivity contribution is 5.69. The molecule has 3 nitrogen and oxygen atoms in total. The summed E-state index contributed by atoms with van der Waals surface area (Å²) in [5.41, 5.74) is 1.73. The van der Waals surface area contributed by atoms with Crippen molar-refractivity contribution >= 4 is 12.2 Å². The highest BCUT2D eigenvalue weighted by Gasteiger charge is 2.20. The number of hydrogen-bond acceptors (Lipinski definition) is 2. The van der Waals surface area contributed by atoms with Gasteiger partial charge in [0.05, 0.1) is 0 Å². The van der Waals surface area contributed by atoms with Gasteiger partial charge in [0.1, 0.15) is 5.60 Å². The second-order valence-corrected chi connectivity index (χ2v) is 5.51. The molecule has 0 saturated carbocycles. The SMILES string of the molecule is C=Cc1ccccc1CCN(C=C)C(=O)OC(C)(C)C. The Bertz CT molecular complexity index is 486. The van der Waals surface area contributed by atoms with Crippen molar-refractivity contribution in [1.82, 2.24) is 4.90 Å². The molecule has 0 fully saturated rings. The zero-order valence-electron chi connectivity index (χ0n) is 12.6. The van der Waals surface area contributed by atoms with Gasteiger partial charge in [0, 0.05) is 12.7 Å². The topological polar surface area (TPSA) is 29.5 Å². The molecule has 0 aromatic heterocycles. The summed E-state index contributed by atoms with van der Waals surface area (Å²) in [6, 6.07) is 8.00. The molecule has 0 atom stereocenters. The summed E-state index contributed by atoms with van der Waals surface area (Å²) in [4.78, 5) is 13.5. The van der Waals surface area contributed by atoms with Crippen LogP contribution in [0.2, 0.25) is 0 Å². The van der Waals surface area contributed by atoms with Gasteiger partial charge in [-0.2, -0.15) is 0 Å². The van der Waals surface area contributed by atoms with E-state index in [1.807, 2.05) is 51.1 Å². The second-order valence-electron chi connectivity index (χ2n) is 5.51. The lowest BCUT2D eigenvalue weighted by molar-refractivity contribution is 0.0337. The van der Waals surface area contributed by atoms with Crippen LogP contribution in [0.5, 0.6) is 0 Å². The van der Waals surface area contributed by atoms with E-state index >= 15 is 0 Å². The normalized spacial score (nSPS) is 10.8. The molecule has 1 amide bonds. The first-order valence-electron chi connectivity index (χ1n) is 6.70. The molecular weight excluding hydrogens is 250 g/mol. The zero-order valence-corrected chi connectivity index (χ0v) is 12.6. The van der Waals surface area contributed by atoms with Gasteiger partial charge in [0.15, 0.2) is 0 Å². The summed E-state index contributed by atoms with van der Waals surface area (Å²) in [5, 5.41) is 0. The van der Waals surface area contributed by atoms with Crippen LogP contribution < -0.4 is 0 Å². The van der Waals surface area contributed by atoms with E-state index in [4.69, 9.17) is 4.74 Å².